The number of piperidine rings is 2. The van der Waals surface area contributed by atoms with Crippen LogP contribution in [0.1, 0.15) is 38.2 Å². The summed E-state index contributed by atoms with van der Waals surface area (Å²) in [7, 11) is 1.78. The summed E-state index contributed by atoms with van der Waals surface area (Å²) in [5, 5.41) is 3.29. The van der Waals surface area contributed by atoms with Crippen LogP contribution in [0.5, 0.6) is 0 Å². The molecule has 2 aliphatic rings. The first-order valence-electron chi connectivity index (χ1n) is 9.99. The van der Waals surface area contributed by atoms with Crippen LogP contribution in [0.2, 0.25) is 0 Å². The molecule has 0 saturated carbocycles. The zero-order chi connectivity index (χ0) is 18.4. The molecule has 0 spiro atoms. The first kappa shape index (κ1) is 19.3. The van der Waals surface area contributed by atoms with Crippen LogP contribution in [0.25, 0.3) is 0 Å². The number of hydrogen-bond donors (Lipinski definition) is 1. The Morgan fingerprint density at radius 1 is 1.12 bits per heavy atom. The number of nitrogens with one attached hydrogen (secondary N) is 1. The molecule has 5 nitrogen and oxygen atoms in total. The van der Waals surface area contributed by atoms with Crippen LogP contribution >= 0.6 is 0 Å². The summed E-state index contributed by atoms with van der Waals surface area (Å²) in [6.07, 6.45) is 4.47. The van der Waals surface area contributed by atoms with Crippen LogP contribution in [-0.4, -0.2) is 67.2 Å². The van der Waals surface area contributed by atoms with Gasteiger partial charge in [0.2, 0.25) is 5.91 Å². The Bertz CT molecular complexity index is 550. The molecule has 3 rings (SSSR count). The van der Waals surface area contributed by atoms with Crippen molar-refractivity contribution >= 4 is 5.91 Å². The van der Waals surface area contributed by atoms with E-state index in [1.54, 1.807) is 7.11 Å². The fourth-order valence-electron chi connectivity index (χ4n) is 4.06. The van der Waals surface area contributed by atoms with Crippen molar-refractivity contribution in [1.29, 1.82) is 0 Å². The summed E-state index contributed by atoms with van der Waals surface area (Å²) in [5.74, 6) is 0.183. The minimum Gasteiger partial charge on any atom is -0.381 e. The maximum atomic E-state index is 12.6. The molecule has 1 N–H and O–H groups in total. The Kier molecular flexibility index (Phi) is 7.06. The molecule has 1 amide bonds. The third-order valence-electron chi connectivity index (χ3n) is 5.92. The SMILES string of the molecule is COC1CCN(C(C)C(=O)NC2CCN(Cc3ccccc3)CC2)CC1. The van der Waals surface area contributed by atoms with Gasteiger partial charge in [-0.05, 0) is 38.2 Å². The van der Waals surface area contributed by atoms with Gasteiger partial charge >= 0.3 is 0 Å². The van der Waals surface area contributed by atoms with Crippen molar-refractivity contribution in [3.63, 3.8) is 0 Å². The van der Waals surface area contributed by atoms with Crippen molar-refractivity contribution in [2.24, 2.45) is 0 Å². The number of rotatable bonds is 6. The van der Waals surface area contributed by atoms with Crippen LogP contribution in [0.15, 0.2) is 30.3 Å². The summed E-state index contributed by atoms with van der Waals surface area (Å²) in [5.41, 5.74) is 1.36. The summed E-state index contributed by atoms with van der Waals surface area (Å²) >= 11 is 0. The van der Waals surface area contributed by atoms with Crippen LogP contribution in [-0.2, 0) is 16.1 Å². The van der Waals surface area contributed by atoms with Gasteiger partial charge in [0.05, 0.1) is 12.1 Å². The molecule has 1 atom stereocenters. The lowest BCUT2D eigenvalue weighted by molar-refractivity contribution is -0.127. The molecule has 2 saturated heterocycles. The minimum atomic E-state index is -0.0462. The molecule has 2 heterocycles. The molecule has 0 bridgehead atoms. The highest BCUT2D eigenvalue weighted by atomic mass is 16.5. The highest BCUT2D eigenvalue weighted by molar-refractivity contribution is 5.81. The molecule has 144 valence electrons. The number of likely N-dealkylation sites (tertiary alicyclic amines) is 2. The molecule has 0 radical (unpaired) electrons. The van der Waals surface area contributed by atoms with Gasteiger partial charge in [0.1, 0.15) is 0 Å². The van der Waals surface area contributed by atoms with Gasteiger partial charge in [-0.25, -0.2) is 0 Å². The Labute approximate surface area is 157 Å². The van der Waals surface area contributed by atoms with Crippen LogP contribution in [0.3, 0.4) is 0 Å². The van der Waals surface area contributed by atoms with E-state index >= 15 is 0 Å². The standard InChI is InChI=1S/C21H33N3O2/c1-17(24-14-10-20(26-2)11-15-24)21(25)22-19-8-12-23(13-9-19)16-18-6-4-3-5-7-18/h3-7,17,19-20H,8-16H2,1-2H3,(H,22,25). The maximum Gasteiger partial charge on any atom is 0.237 e. The van der Waals surface area contributed by atoms with E-state index in [0.717, 1.165) is 58.4 Å². The monoisotopic (exact) mass is 359 g/mol. The molecule has 0 aromatic heterocycles. The number of amides is 1. The quantitative estimate of drug-likeness (QED) is 0.846. The smallest absolute Gasteiger partial charge is 0.237 e. The van der Waals surface area contributed by atoms with Gasteiger partial charge < -0.3 is 10.1 Å². The van der Waals surface area contributed by atoms with E-state index in [1.165, 1.54) is 5.56 Å². The van der Waals surface area contributed by atoms with Gasteiger partial charge in [0, 0.05) is 45.9 Å². The van der Waals surface area contributed by atoms with E-state index in [1.807, 2.05) is 6.92 Å². The summed E-state index contributed by atoms with van der Waals surface area (Å²) in [4.78, 5) is 17.4. The van der Waals surface area contributed by atoms with Crippen LogP contribution < -0.4 is 5.32 Å². The minimum absolute atomic E-state index is 0.0462. The molecular formula is C21H33N3O2. The Morgan fingerprint density at radius 2 is 1.77 bits per heavy atom. The lowest BCUT2D eigenvalue weighted by Crippen LogP contribution is -2.53. The Balaban J connectivity index is 1.39. The van der Waals surface area contributed by atoms with Crippen LogP contribution in [0.4, 0.5) is 0 Å². The van der Waals surface area contributed by atoms with Gasteiger partial charge in [-0.15, -0.1) is 0 Å². The van der Waals surface area contributed by atoms with Crippen molar-refractivity contribution in [2.45, 2.75) is 57.3 Å². The molecule has 1 aromatic carbocycles. The number of nitrogens with zero attached hydrogens (tertiary/aromatic N) is 2. The number of ether oxygens (including phenoxy) is 1. The van der Waals surface area contributed by atoms with E-state index in [2.05, 4.69) is 45.4 Å². The first-order chi connectivity index (χ1) is 12.7. The van der Waals surface area contributed by atoms with Gasteiger partial charge in [-0.2, -0.15) is 0 Å². The lowest BCUT2D eigenvalue weighted by atomic mass is 10.0. The molecular weight excluding hydrogens is 326 g/mol. The maximum absolute atomic E-state index is 12.6. The number of hydrogen-bond acceptors (Lipinski definition) is 4. The number of carbonyl (C=O) groups is 1. The third kappa shape index (κ3) is 5.29. The van der Waals surface area contributed by atoms with E-state index in [0.29, 0.717) is 12.1 Å². The molecule has 0 aliphatic carbocycles. The predicted octanol–water partition coefficient (Wildman–Crippen LogP) is 2.27. The highest BCUT2D eigenvalue weighted by Gasteiger charge is 2.28. The average molecular weight is 360 g/mol. The van der Waals surface area contributed by atoms with E-state index in [4.69, 9.17) is 4.74 Å². The predicted molar refractivity (Wildman–Crippen MR) is 104 cm³/mol. The Hall–Kier alpha value is -1.43. The molecule has 1 unspecified atom stereocenters. The summed E-state index contributed by atoms with van der Waals surface area (Å²) in [6, 6.07) is 10.9. The zero-order valence-electron chi connectivity index (χ0n) is 16.2. The lowest BCUT2D eigenvalue weighted by Gasteiger charge is -2.36. The molecule has 1 aromatic rings. The largest absolute Gasteiger partial charge is 0.381 e. The van der Waals surface area contributed by atoms with Crippen molar-refractivity contribution in [3.05, 3.63) is 35.9 Å². The topological polar surface area (TPSA) is 44.8 Å². The summed E-state index contributed by atoms with van der Waals surface area (Å²) in [6.45, 7) is 7.03. The number of benzene rings is 1. The molecule has 2 fully saturated rings. The zero-order valence-corrected chi connectivity index (χ0v) is 16.2. The van der Waals surface area contributed by atoms with Gasteiger partial charge in [0.15, 0.2) is 0 Å². The summed E-state index contributed by atoms with van der Waals surface area (Å²) < 4.78 is 5.42. The second-order valence-electron chi connectivity index (χ2n) is 7.69. The van der Waals surface area contributed by atoms with Gasteiger partial charge in [-0.1, -0.05) is 30.3 Å². The number of methoxy groups -OCH3 is 1. The molecule has 26 heavy (non-hydrogen) atoms. The van der Waals surface area contributed by atoms with E-state index in [9.17, 15) is 4.79 Å². The second kappa shape index (κ2) is 9.49. The fraction of sp³-hybridized carbons (Fsp3) is 0.667. The Morgan fingerprint density at radius 3 is 2.38 bits per heavy atom. The highest BCUT2D eigenvalue weighted by Crippen LogP contribution is 2.17. The van der Waals surface area contributed by atoms with Gasteiger partial charge in [0.25, 0.3) is 0 Å². The average Bonchev–Trinajstić information content (AvgIpc) is 2.70. The number of carbonyl (C=O) groups excluding carboxylic acids is 1. The van der Waals surface area contributed by atoms with Crippen molar-refractivity contribution in [3.8, 4) is 0 Å². The fourth-order valence-corrected chi connectivity index (χ4v) is 4.06. The third-order valence-corrected chi connectivity index (χ3v) is 5.92. The molecule has 2 aliphatic heterocycles. The van der Waals surface area contributed by atoms with E-state index in [-0.39, 0.29) is 11.9 Å². The molecule has 5 heteroatoms. The van der Waals surface area contributed by atoms with Gasteiger partial charge in [-0.3, -0.25) is 14.6 Å². The second-order valence-corrected chi connectivity index (χ2v) is 7.69. The van der Waals surface area contributed by atoms with Crippen molar-refractivity contribution in [1.82, 2.24) is 15.1 Å². The first-order valence-corrected chi connectivity index (χ1v) is 9.99. The van der Waals surface area contributed by atoms with Crippen LogP contribution in [0, 0.1) is 0 Å². The van der Waals surface area contributed by atoms with E-state index < -0.39 is 0 Å². The van der Waals surface area contributed by atoms with Crippen molar-refractivity contribution in [2.75, 3.05) is 33.3 Å². The van der Waals surface area contributed by atoms with Crippen molar-refractivity contribution < 1.29 is 9.53 Å². The normalized spacial score (nSPS) is 22.2.